The van der Waals surface area contributed by atoms with Gasteiger partial charge in [0.2, 0.25) is 5.78 Å². The number of carbonyl (C=O) groups excluding carboxylic acids is 1. The maximum atomic E-state index is 12.3. The standard InChI is InChI=1S/C14H11NO4/c1-9-6-7-13(16)11(8-9)14(17)10-4-2-3-5-12(10)15(18)19/h2-8,16H,1H3. The highest BCUT2D eigenvalue weighted by atomic mass is 16.6. The number of aryl methyl sites for hydroxylation is 1. The summed E-state index contributed by atoms with van der Waals surface area (Å²) in [6, 6.07) is 10.2. The third kappa shape index (κ3) is 2.44. The Hall–Kier alpha value is -2.69. The van der Waals surface area contributed by atoms with E-state index < -0.39 is 10.7 Å². The Balaban J connectivity index is 2.56. The molecule has 2 aromatic carbocycles. The molecule has 0 heterocycles. The van der Waals surface area contributed by atoms with Crippen LogP contribution in [0.3, 0.4) is 0 Å². The van der Waals surface area contributed by atoms with Crippen molar-refractivity contribution in [3.05, 3.63) is 69.3 Å². The van der Waals surface area contributed by atoms with Crippen molar-refractivity contribution in [2.24, 2.45) is 0 Å². The Labute approximate surface area is 109 Å². The van der Waals surface area contributed by atoms with Gasteiger partial charge in [-0.15, -0.1) is 0 Å². The van der Waals surface area contributed by atoms with Crippen LogP contribution < -0.4 is 0 Å². The summed E-state index contributed by atoms with van der Waals surface area (Å²) in [7, 11) is 0. The third-order valence-corrected chi connectivity index (χ3v) is 2.74. The second kappa shape index (κ2) is 4.89. The van der Waals surface area contributed by atoms with E-state index >= 15 is 0 Å². The molecule has 0 saturated carbocycles. The number of phenolic OH excluding ortho intramolecular Hbond substituents is 1. The predicted octanol–water partition coefficient (Wildman–Crippen LogP) is 2.84. The highest BCUT2D eigenvalue weighted by Crippen LogP contribution is 2.26. The van der Waals surface area contributed by atoms with Gasteiger partial charge < -0.3 is 5.11 Å². The topological polar surface area (TPSA) is 80.4 Å². The number of ketones is 1. The fourth-order valence-corrected chi connectivity index (χ4v) is 1.80. The molecule has 0 aliphatic heterocycles. The van der Waals surface area contributed by atoms with E-state index in [1.807, 2.05) is 0 Å². The lowest BCUT2D eigenvalue weighted by atomic mass is 9.99. The first-order valence-corrected chi connectivity index (χ1v) is 5.58. The van der Waals surface area contributed by atoms with Crippen molar-refractivity contribution in [2.75, 3.05) is 0 Å². The molecule has 0 bridgehead atoms. The molecule has 0 aliphatic rings. The fourth-order valence-electron chi connectivity index (χ4n) is 1.80. The molecular weight excluding hydrogens is 246 g/mol. The van der Waals surface area contributed by atoms with Gasteiger partial charge in [-0.1, -0.05) is 23.8 Å². The minimum atomic E-state index is -0.611. The number of benzene rings is 2. The second-order valence-electron chi connectivity index (χ2n) is 4.12. The Bertz CT molecular complexity index is 664. The van der Waals surface area contributed by atoms with Crippen molar-refractivity contribution in [1.82, 2.24) is 0 Å². The van der Waals surface area contributed by atoms with E-state index in [4.69, 9.17) is 0 Å². The highest BCUT2D eigenvalue weighted by Gasteiger charge is 2.22. The largest absolute Gasteiger partial charge is 0.507 e. The van der Waals surface area contributed by atoms with E-state index in [1.165, 1.54) is 30.3 Å². The van der Waals surface area contributed by atoms with Gasteiger partial charge in [-0.25, -0.2) is 0 Å². The van der Waals surface area contributed by atoms with E-state index in [0.29, 0.717) is 0 Å². The summed E-state index contributed by atoms with van der Waals surface area (Å²) in [5.41, 5.74) is 0.552. The van der Waals surface area contributed by atoms with E-state index in [-0.39, 0.29) is 22.6 Å². The molecule has 0 saturated heterocycles. The maximum Gasteiger partial charge on any atom is 0.280 e. The summed E-state index contributed by atoms with van der Waals surface area (Å²) in [4.78, 5) is 22.6. The minimum absolute atomic E-state index is 0.0339. The first-order chi connectivity index (χ1) is 9.00. The first kappa shape index (κ1) is 12.8. The van der Waals surface area contributed by atoms with Gasteiger partial charge in [0.05, 0.1) is 10.5 Å². The fraction of sp³-hybridized carbons (Fsp3) is 0.0714. The Morgan fingerprint density at radius 1 is 1.16 bits per heavy atom. The molecule has 0 spiro atoms. The van der Waals surface area contributed by atoms with Crippen LogP contribution in [0.1, 0.15) is 21.5 Å². The molecule has 5 nitrogen and oxygen atoms in total. The zero-order valence-corrected chi connectivity index (χ0v) is 10.2. The van der Waals surface area contributed by atoms with Crippen LogP contribution in [-0.4, -0.2) is 15.8 Å². The number of rotatable bonds is 3. The molecule has 1 N–H and O–H groups in total. The van der Waals surface area contributed by atoms with Gasteiger partial charge in [-0.3, -0.25) is 14.9 Å². The molecule has 0 fully saturated rings. The van der Waals surface area contributed by atoms with Crippen molar-refractivity contribution in [1.29, 1.82) is 0 Å². The molecule has 0 amide bonds. The molecule has 0 aliphatic carbocycles. The monoisotopic (exact) mass is 257 g/mol. The molecular formula is C14H11NO4. The van der Waals surface area contributed by atoms with Crippen LogP contribution in [0.2, 0.25) is 0 Å². The van der Waals surface area contributed by atoms with E-state index in [9.17, 15) is 20.0 Å². The van der Waals surface area contributed by atoms with Crippen LogP contribution in [0.5, 0.6) is 5.75 Å². The number of nitro benzene ring substituents is 1. The highest BCUT2D eigenvalue weighted by molar-refractivity contribution is 6.13. The number of nitro groups is 1. The van der Waals surface area contributed by atoms with Crippen LogP contribution in [0.25, 0.3) is 0 Å². The van der Waals surface area contributed by atoms with Crippen LogP contribution in [0.15, 0.2) is 42.5 Å². The van der Waals surface area contributed by atoms with Gasteiger partial charge in [0.25, 0.3) is 5.69 Å². The summed E-state index contributed by atoms with van der Waals surface area (Å²) in [5, 5.41) is 20.6. The average Bonchev–Trinajstić information content (AvgIpc) is 2.40. The zero-order valence-electron chi connectivity index (χ0n) is 10.2. The summed E-state index contributed by atoms with van der Waals surface area (Å²) in [5.74, 6) is -0.748. The molecule has 2 rings (SSSR count). The van der Waals surface area contributed by atoms with E-state index in [2.05, 4.69) is 0 Å². The molecule has 0 atom stereocenters. The Morgan fingerprint density at radius 3 is 2.53 bits per heavy atom. The number of hydrogen-bond donors (Lipinski definition) is 1. The van der Waals surface area contributed by atoms with Crippen molar-refractivity contribution in [2.45, 2.75) is 6.92 Å². The first-order valence-electron chi connectivity index (χ1n) is 5.58. The molecule has 96 valence electrons. The molecule has 0 aromatic heterocycles. The SMILES string of the molecule is Cc1ccc(O)c(C(=O)c2ccccc2[N+](=O)[O-])c1. The summed E-state index contributed by atoms with van der Waals surface area (Å²) in [6.45, 7) is 1.77. The predicted molar refractivity (Wildman–Crippen MR) is 69.4 cm³/mol. The Morgan fingerprint density at radius 2 is 1.84 bits per heavy atom. The number of para-hydroxylation sites is 1. The second-order valence-corrected chi connectivity index (χ2v) is 4.12. The molecule has 0 unspecified atom stereocenters. The lowest BCUT2D eigenvalue weighted by Crippen LogP contribution is -2.05. The van der Waals surface area contributed by atoms with Crippen LogP contribution in [-0.2, 0) is 0 Å². The molecule has 2 aromatic rings. The smallest absolute Gasteiger partial charge is 0.280 e. The van der Waals surface area contributed by atoms with Gasteiger partial charge in [-0.2, -0.15) is 0 Å². The van der Waals surface area contributed by atoms with Gasteiger partial charge in [0.1, 0.15) is 11.3 Å². The van der Waals surface area contributed by atoms with Crippen molar-refractivity contribution in [3.63, 3.8) is 0 Å². The van der Waals surface area contributed by atoms with Crippen LogP contribution in [0.4, 0.5) is 5.69 Å². The maximum absolute atomic E-state index is 12.3. The number of phenols is 1. The number of aromatic hydroxyl groups is 1. The summed E-state index contributed by atoms with van der Waals surface area (Å²) in [6.07, 6.45) is 0. The minimum Gasteiger partial charge on any atom is -0.507 e. The summed E-state index contributed by atoms with van der Waals surface area (Å²) >= 11 is 0. The number of carbonyl (C=O) groups is 1. The number of nitrogens with zero attached hydrogens (tertiary/aromatic N) is 1. The van der Waals surface area contributed by atoms with E-state index in [0.717, 1.165) is 5.56 Å². The van der Waals surface area contributed by atoms with Crippen molar-refractivity contribution in [3.8, 4) is 5.75 Å². The summed E-state index contributed by atoms with van der Waals surface area (Å²) < 4.78 is 0. The average molecular weight is 257 g/mol. The van der Waals surface area contributed by atoms with Crippen LogP contribution >= 0.6 is 0 Å². The van der Waals surface area contributed by atoms with Crippen LogP contribution in [0, 0.1) is 17.0 Å². The zero-order chi connectivity index (χ0) is 14.0. The Kier molecular flexibility index (Phi) is 3.29. The molecule has 19 heavy (non-hydrogen) atoms. The normalized spacial score (nSPS) is 10.2. The van der Waals surface area contributed by atoms with Gasteiger partial charge >= 0.3 is 0 Å². The van der Waals surface area contributed by atoms with Crippen molar-refractivity contribution < 1.29 is 14.8 Å². The lowest BCUT2D eigenvalue weighted by molar-refractivity contribution is -0.385. The number of hydrogen-bond acceptors (Lipinski definition) is 4. The van der Waals surface area contributed by atoms with Gasteiger partial charge in [0.15, 0.2) is 0 Å². The molecule has 5 heteroatoms. The molecule has 0 radical (unpaired) electrons. The van der Waals surface area contributed by atoms with Crippen molar-refractivity contribution >= 4 is 11.5 Å². The quantitative estimate of drug-likeness (QED) is 0.520. The third-order valence-electron chi connectivity index (χ3n) is 2.74. The van der Waals surface area contributed by atoms with Gasteiger partial charge in [0, 0.05) is 6.07 Å². The lowest BCUT2D eigenvalue weighted by Gasteiger charge is -2.05. The van der Waals surface area contributed by atoms with E-state index in [1.54, 1.807) is 19.1 Å². The van der Waals surface area contributed by atoms with Gasteiger partial charge in [-0.05, 0) is 25.1 Å².